The molecule has 0 radical (unpaired) electrons. The van der Waals surface area contributed by atoms with E-state index in [0.717, 1.165) is 5.75 Å². The van der Waals surface area contributed by atoms with Gasteiger partial charge in [-0.1, -0.05) is 41.1 Å². The summed E-state index contributed by atoms with van der Waals surface area (Å²) in [6.07, 6.45) is -0.283. The standard InChI is InChI=1S/C22H25ClN4O3S/c1-5-27-21(15(3)30-17-9-6-14(2)7-10-17)25-26-22(27)31-13-20(28)24-18-12-16(23)8-11-19(18)29-4/h6-12,15H,5,13H2,1-4H3,(H,24,28). The minimum atomic E-state index is -0.283. The molecule has 7 nitrogen and oxygen atoms in total. The Bertz CT molecular complexity index is 1040. The summed E-state index contributed by atoms with van der Waals surface area (Å²) in [5.41, 5.74) is 1.70. The number of rotatable bonds is 9. The van der Waals surface area contributed by atoms with Gasteiger partial charge in [0.1, 0.15) is 11.5 Å². The van der Waals surface area contributed by atoms with Crippen LogP contribution in [0.15, 0.2) is 47.6 Å². The van der Waals surface area contributed by atoms with Crippen molar-refractivity contribution in [3.05, 3.63) is 58.9 Å². The zero-order valence-corrected chi connectivity index (χ0v) is 19.5. The minimum Gasteiger partial charge on any atom is -0.495 e. The lowest BCUT2D eigenvalue weighted by molar-refractivity contribution is -0.113. The van der Waals surface area contributed by atoms with Crippen LogP contribution >= 0.6 is 23.4 Å². The molecule has 1 unspecified atom stereocenters. The van der Waals surface area contributed by atoms with E-state index < -0.39 is 0 Å². The van der Waals surface area contributed by atoms with Crippen molar-refractivity contribution in [2.24, 2.45) is 0 Å². The first-order valence-electron chi connectivity index (χ1n) is 9.83. The van der Waals surface area contributed by atoms with Gasteiger partial charge in [-0.25, -0.2) is 0 Å². The van der Waals surface area contributed by atoms with Crippen LogP contribution in [0.3, 0.4) is 0 Å². The molecule has 0 bridgehead atoms. The van der Waals surface area contributed by atoms with E-state index in [2.05, 4.69) is 15.5 Å². The molecule has 0 saturated carbocycles. The zero-order chi connectivity index (χ0) is 22.4. The van der Waals surface area contributed by atoms with Crippen LogP contribution in [0.4, 0.5) is 5.69 Å². The molecule has 1 N–H and O–H groups in total. The number of methoxy groups -OCH3 is 1. The fraction of sp³-hybridized carbons (Fsp3) is 0.318. The molecule has 3 rings (SSSR count). The van der Waals surface area contributed by atoms with Crippen LogP contribution in [0.2, 0.25) is 5.02 Å². The van der Waals surface area contributed by atoms with Crippen molar-refractivity contribution in [3.63, 3.8) is 0 Å². The molecular formula is C22H25ClN4O3S. The number of hydrogen-bond acceptors (Lipinski definition) is 6. The summed E-state index contributed by atoms with van der Waals surface area (Å²) in [6, 6.07) is 12.9. The second-order valence-corrected chi connectivity index (χ2v) is 8.22. The molecule has 1 amide bonds. The Hall–Kier alpha value is -2.71. The fourth-order valence-corrected chi connectivity index (χ4v) is 3.95. The second kappa shape index (κ2) is 10.5. The van der Waals surface area contributed by atoms with Crippen LogP contribution in [0.5, 0.6) is 11.5 Å². The van der Waals surface area contributed by atoms with E-state index in [4.69, 9.17) is 21.1 Å². The number of aromatic nitrogens is 3. The highest BCUT2D eigenvalue weighted by molar-refractivity contribution is 7.99. The number of carbonyl (C=O) groups excluding carboxylic acids is 1. The molecular weight excluding hydrogens is 436 g/mol. The predicted molar refractivity (Wildman–Crippen MR) is 123 cm³/mol. The predicted octanol–water partition coefficient (Wildman–Crippen LogP) is 5.14. The number of aryl methyl sites for hydroxylation is 1. The molecule has 0 saturated heterocycles. The van der Waals surface area contributed by atoms with Crippen molar-refractivity contribution in [1.82, 2.24) is 14.8 Å². The number of carbonyl (C=O) groups is 1. The highest BCUT2D eigenvalue weighted by Gasteiger charge is 2.20. The van der Waals surface area contributed by atoms with Crippen molar-refractivity contribution in [2.45, 2.75) is 38.6 Å². The molecule has 31 heavy (non-hydrogen) atoms. The van der Waals surface area contributed by atoms with E-state index in [-0.39, 0.29) is 17.8 Å². The van der Waals surface area contributed by atoms with Crippen molar-refractivity contribution >= 4 is 35.0 Å². The third-order valence-corrected chi connectivity index (χ3v) is 5.73. The van der Waals surface area contributed by atoms with Gasteiger partial charge in [0.15, 0.2) is 17.1 Å². The Labute approximate surface area is 191 Å². The van der Waals surface area contributed by atoms with Crippen LogP contribution in [0.25, 0.3) is 0 Å². The first-order valence-corrected chi connectivity index (χ1v) is 11.2. The maximum atomic E-state index is 12.5. The van der Waals surface area contributed by atoms with Gasteiger partial charge in [-0.3, -0.25) is 4.79 Å². The topological polar surface area (TPSA) is 78.3 Å². The molecule has 2 aromatic carbocycles. The Morgan fingerprint density at radius 1 is 1.23 bits per heavy atom. The third kappa shape index (κ3) is 5.92. The lowest BCUT2D eigenvalue weighted by atomic mass is 10.2. The third-order valence-electron chi connectivity index (χ3n) is 4.53. The summed E-state index contributed by atoms with van der Waals surface area (Å²) in [4.78, 5) is 12.5. The highest BCUT2D eigenvalue weighted by atomic mass is 35.5. The van der Waals surface area contributed by atoms with Gasteiger partial charge >= 0.3 is 0 Å². The second-order valence-electron chi connectivity index (χ2n) is 6.84. The van der Waals surface area contributed by atoms with Crippen LogP contribution in [0, 0.1) is 6.92 Å². The SMILES string of the molecule is CCn1c(SCC(=O)Nc2cc(Cl)ccc2OC)nnc1C(C)Oc1ccc(C)cc1. The number of nitrogens with one attached hydrogen (secondary N) is 1. The van der Waals surface area contributed by atoms with Crippen molar-refractivity contribution in [1.29, 1.82) is 0 Å². The number of halogens is 1. The maximum Gasteiger partial charge on any atom is 0.234 e. The average molecular weight is 461 g/mol. The normalized spacial score (nSPS) is 11.8. The van der Waals surface area contributed by atoms with Gasteiger partial charge in [0.2, 0.25) is 5.91 Å². The molecule has 0 fully saturated rings. The lowest BCUT2D eigenvalue weighted by Gasteiger charge is -2.15. The largest absolute Gasteiger partial charge is 0.495 e. The highest BCUT2D eigenvalue weighted by Crippen LogP contribution is 2.29. The Morgan fingerprint density at radius 3 is 2.65 bits per heavy atom. The van der Waals surface area contributed by atoms with Crippen LogP contribution in [0.1, 0.15) is 31.3 Å². The van der Waals surface area contributed by atoms with Gasteiger partial charge in [-0.2, -0.15) is 0 Å². The molecule has 0 aliphatic heterocycles. The number of amides is 1. The first-order chi connectivity index (χ1) is 14.9. The van der Waals surface area contributed by atoms with Crippen molar-refractivity contribution in [3.8, 4) is 11.5 Å². The van der Waals surface area contributed by atoms with Gasteiger partial charge < -0.3 is 19.4 Å². The molecule has 0 aliphatic carbocycles. The molecule has 164 valence electrons. The zero-order valence-electron chi connectivity index (χ0n) is 17.9. The van der Waals surface area contributed by atoms with Crippen LogP contribution in [-0.4, -0.2) is 33.5 Å². The van der Waals surface area contributed by atoms with E-state index in [1.54, 1.807) is 25.3 Å². The number of anilines is 1. The number of nitrogens with zero attached hydrogens (tertiary/aromatic N) is 3. The van der Waals surface area contributed by atoms with Crippen molar-refractivity contribution < 1.29 is 14.3 Å². The Balaban J connectivity index is 1.64. The van der Waals surface area contributed by atoms with Gasteiger partial charge in [-0.15, -0.1) is 10.2 Å². The summed E-state index contributed by atoms with van der Waals surface area (Å²) in [5, 5.41) is 12.6. The quantitative estimate of drug-likeness (QED) is 0.445. The molecule has 0 spiro atoms. The maximum absolute atomic E-state index is 12.5. The summed E-state index contributed by atoms with van der Waals surface area (Å²) in [7, 11) is 1.54. The summed E-state index contributed by atoms with van der Waals surface area (Å²) >= 11 is 7.33. The number of thioether (sulfide) groups is 1. The lowest BCUT2D eigenvalue weighted by Crippen LogP contribution is -2.16. The van der Waals surface area contributed by atoms with E-state index in [0.29, 0.717) is 34.0 Å². The van der Waals surface area contributed by atoms with E-state index in [9.17, 15) is 4.79 Å². The molecule has 1 aromatic heterocycles. The van der Waals surface area contributed by atoms with E-state index in [1.165, 1.54) is 17.3 Å². The van der Waals surface area contributed by atoms with Crippen LogP contribution < -0.4 is 14.8 Å². The molecule has 1 heterocycles. The molecule has 0 aliphatic rings. The number of benzene rings is 2. The number of ether oxygens (including phenoxy) is 2. The summed E-state index contributed by atoms with van der Waals surface area (Å²) in [6.45, 7) is 6.63. The molecule has 9 heteroatoms. The first kappa shape index (κ1) is 23.0. The van der Waals surface area contributed by atoms with E-state index in [1.807, 2.05) is 49.6 Å². The fourth-order valence-electron chi connectivity index (χ4n) is 2.97. The van der Waals surface area contributed by atoms with Crippen LogP contribution in [-0.2, 0) is 11.3 Å². The van der Waals surface area contributed by atoms with Gasteiger partial charge in [0, 0.05) is 11.6 Å². The average Bonchev–Trinajstić information content (AvgIpc) is 3.17. The van der Waals surface area contributed by atoms with Crippen molar-refractivity contribution in [2.75, 3.05) is 18.2 Å². The minimum absolute atomic E-state index is 0.168. The Morgan fingerprint density at radius 2 is 1.97 bits per heavy atom. The summed E-state index contributed by atoms with van der Waals surface area (Å²) in [5.74, 6) is 2.00. The molecule has 1 atom stereocenters. The van der Waals surface area contributed by atoms with Gasteiger partial charge in [0.05, 0.1) is 18.6 Å². The Kier molecular flexibility index (Phi) is 7.81. The van der Waals surface area contributed by atoms with E-state index >= 15 is 0 Å². The number of hydrogen-bond donors (Lipinski definition) is 1. The van der Waals surface area contributed by atoms with Gasteiger partial charge in [-0.05, 0) is 51.1 Å². The molecule has 3 aromatic rings. The summed E-state index contributed by atoms with van der Waals surface area (Å²) < 4.78 is 13.2. The smallest absolute Gasteiger partial charge is 0.234 e. The monoisotopic (exact) mass is 460 g/mol. The van der Waals surface area contributed by atoms with Gasteiger partial charge in [0.25, 0.3) is 0 Å².